The molecule has 2 aliphatic heterocycles. The number of ether oxygens (including phenoxy) is 1. The first-order valence-corrected chi connectivity index (χ1v) is 6.08. The van der Waals surface area contributed by atoms with E-state index in [4.69, 9.17) is 9.84 Å². The maximum atomic E-state index is 11.1. The van der Waals surface area contributed by atoms with E-state index in [-0.39, 0.29) is 18.9 Å². The number of nitrogens with zero attached hydrogens (tertiary/aromatic N) is 2. The Labute approximate surface area is 106 Å². The van der Waals surface area contributed by atoms with Crippen molar-refractivity contribution in [3.05, 3.63) is 0 Å². The molecule has 3 N–H and O–H groups in total. The molecule has 0 unspecified atom stereocenters. The average molecular weight is 308 g/mol. The molecule has 2 heterocycles. The summed E-state index contributed by atoms with van der Waals surface area (Å²) in [5.41, 5.74) is 0. The number of amidine groups is 1. The van der Waals surface area contributed by atoms with E-state index >= 15 is 0 Å². The van der Waals surface area contributed by atoms with Crippen LogP contribution >= 0.6 is 0 Å². The minimum absolute atomic E-state index is 0.234. The fourth-order valence-electron chi connectivity index (χ4n) is 1.91. The Morgan fingerprint density at radius 3 is 2.71 bits per heavy atom. The summed E-state index contributed by atoms with van der Waals surface area (Å²) < 4.78 is 5.67. The number of aliphatic hydroxyl groups excluding tert-OH is 3. The Morgan fingerprint density at radius 2 is 2.18 bits per heavy atom. The van der Waals surface area contributed by atoms with Crippen LogP contribution in [0, 0.1) is 0 Å². The zero-order valence-corrected chi connectivity index (χ0v) is 10.6. The molecular weight excluding hydrogens is 295 g/mol. The van der Waals surface area contributed by atoms with Crippen molar-refractivity contribution in [1.29, 1.82) is 0 Å². The first-order chi connectivity index (χ1) is 8.04. The molecule has 0 aromatic carbocycles. The van der Waals surface area contributed by atoms with E-state index in [2.05, 4.69) is 21.0 Å². The number of amides is 1. The molecular formula is C9H13N2O5Se. The Balaban J connectivity index is 2.13. The molecule has 1 amide bonds. The van der Waals surface area contributed by atoms with Crippen LogP contribution in [-0.4, -0.2) is 84.6 Å². The first-order valence-electron chi connectivity index (χ1n) is 5.22. The average Bonchev–Trinajstić information content (AvgIpc) is 2.57. The Hall–Kier alpha value is -0.501. The zero-order chi connectivity index (χ0) is 12.6. The SMILES string of the molecule is O=C1CCN([C@@H]2O[C@H](CO)[C@@H](O)[C@H]2O)C([Se])=N1. The molecule has 0 aromatic heterocycles. The predicted octanol–water partition coefficient (Wildman–Crippen LogP) is -2.82. The van der Waals surface area contributed by atoms with Gasteiger partial charge in [0.25, 0.3) is 0 Å². The Morgan fingerprint density at radius 1 is 1.47 bits per heavy atom. The summed E-state index contributed by atoms with van der Waals surface area (Å²) in [5.74, 6) is -0.234. The second kappa shape index (κ2) is 5.01. The van der Waals surface area contributed by atoms with Gasteiger partial charge in [-0.3, -0.25) is 0 Å². The molecule has 0 aromatic rings. The van der Waals surface area contributed by atoms with Crippen LogP contribution in [0.25, 0.3) is 0 Å². The van der Waals surface area contributed by atoms with E-state index < -0.39 is 24.5 Å². The maximum absolute atomic E-state index is 11.1. The van der Waals surface area contributed by atoms with Crippen LogP contribution in [0.4, 0.5) is 0 Å². The standard InChI is InChI=1S/C9H13N2O5Se/c12-3-4-6(14)7(15)8(16-4)11-2-1-5(13)10-9(11)17/h4,6-8,12,14-15H,1-3H2/t4-,6-,7-,8-/m1/s1. The summed E-state index contributed by atoms with van der Waals surface area (Å²) in [6.45, 7) is -0.0152. The van der Waals surface area contributed by atoms with Crippen LogP contribution in [0.3, 0.4) is 0 Å². The second-order valence-corrected chi connectivity index (χ2v) is 4.73. The number of hydrogen-bond acceptors (Lipinski definition) is 6. The zero-order valence-electron chi connectivity index (χ0n) is 8.89. The number of carbonyl (C=O) groups excluding carboxylic acids is 1. The monoisotopic (exact) mass is 309 g/mol. The quantitative estimate of drug-likeness (QED) is 0.476. The van der Waals surface area contributed by atoms with Gasteiger partial charge >= 0.3 is 106 Å². The topological polar surface area (TPSA) is 103 Å². The van der Waals surface area contributed by atoms with Gasteiger partial charge in [0.15, 0.2) is 0 Å². The number of carbonyl (C=O) groups is 1. The summed E-state index contributed by atoms with van der Waals surface area (Å²) in [7, 11) is 0. The molecule has 1 radical (unpaired) electrons. The summed E-state index contributed by atoms with van der Waals surface area (Å²) in [6.07, 6.45) is -3.66. The van der Waals surface area contributed by atoms with Crippen LogP contribution in [0.15, 0.2) is 4.99 Å². The molecule has 1 saturated heterocycles. The second-order valence-electron chi connectivity index (χ2n) is 3.96. The number of hydrogen-bond donors (Lipinski definition) is 3. The third kappa shape index (κ3) is 2.37. The van der Waals surface area contributed by atoms with Gasteiger partial charge in [0, 0.05) is 0 Å². The van der Waals surface area contributed by atoms with Crippen LogP contribution in [0.2, 0.25) is 0 Å². The summed E-state index contributed by atoms with van der Waals surface area (Å²) in [5, 5.41) is 28.4. The molecule has 0 aliphatic carbocycles. The van der Waals surface area contributed by atoms with Gasteiger partial charge in [-0.15, -0.1) is 0 Å². The molecule has 0 spiro atoms. The van der Waals surface area contributed by atoms with E-state index in [0.29, 0.717) is 11.3 Å². The van der Waals surface area contributed by atoms with Gasteiger partial charge in [-0.2, -0.15) is 0 Å². The third-order valence-corrected chi connectivity index (χ3v) is 3.54. The molecule has 2 rings (SSSR count). The summed E-state index contributed by atoms with van der Waals surface area (Å²) >= 11 is 2.62. The summed E-state index contributed by atoms with van der Waals surface area (Å²) in [4.78, 5) is 16.4. The fourth-order valence-corrected chi connectivity index (χ4v) is 2.54. The van der Waals surface area contributed by atoms with E-state index in [9.17, 15) is 15.0 Å². The molecule has 4 atom stereocenters. The van der Waals surface area contributed by atoms with Crippen molar-refractivity contribution in [2.24, 2.45) is 4.99 Å². The van der Waals surface area contributed by atoms with Crippen molar-refractivity contribution in [2.45, 2.75) is 31.0 Å². The Bertz CT molecular complexity index is 350. The van der Waals surface area contributed by atoms with Crippen molar-refractivity contribution in [2.75, 3.05) is 13.2 Å². The molecule has 95 valence electrons. The molecule has 2 aliphatic rings. The van der Waals surface area contributed by atoms with Gasteiger partial charge in [0.1, 0.15) is 0 Å². The van der Waals surface area contributed by atoms with Gasteiger partial charge in [-0.1, -0.05) is 0 Å². The third-order valence-electron chi connectivity index (χ3n) is 2.86. The predicted molar refractivity (Wildman–Crippen MR) is 57.3 cm³/mol. The summed E-state index contributed by atoms with van der Waals surface area (Å²) in [6, 6.07) is 0. The van der Waals surface area contributed by atoms with E-state index in [1.54, 1.807) is 4.90 Å². The van der Waals surface area contributed by atoms with Gasteiger partial charge in [-0.05, 0) is 0 Å². The molecule has 0 bridgehead atoms. The van der Waals surface area contributed by atoms with Gasteiger partial charge in [0.2, 0.25) is 0 Å². The molecule has 17 heavy (non-hydrogen) atoms. The fraction of sp³-hybridized carbons (Fsp3) is 0.778. The van der Waals surface area contributed by atoms with E-state index in [1.807, 2.05) is 0 Å². The van der Waals surface area contributed by atoms with Crippen LogP contribution in [-0.2, 0) is 9.53 Å². The number of aliphatic imine (C=N–C) groups is 1. The van der Waals surface area contributed by atoms with Crippen molar-refractivity contribution >= 4 is 26.7 Å². The van der Waals surface area contributed by atoms with Crippen LogP contribution in [0.5, 0.6) is 0 Å². The first kappa shape index (κ1) is 12.9. The number of rotatable bonds is 2. The Kier molecular flexibility index (Phi) is 3.82. The van der Waals surface area contributed by atoms with Crippen molar-refractivity contribution in [3.8, 4) is 0 Å². The van der Waals surface area contributed by atoms with E-state index in [1.165, 1.54) is 0 Å². The van der Waals surface area contributed by atoms with Crippen LogP contribution < -0.4 is 0 Å². The molecule has 8 heteroatoms. The molecule has 1 fully saturated rings. The van der Waals surface area contributed by atoms with Gasteiger partial charge < -0.3 is 0 Å². The normalized spacial score (nSPS) is 38.4. The van der Waals surface area contributed by atoms with Gasteiger partial charge in [-0.25, -0.2) is 0 Å². The van der Waals surface area contributed by atoms with Crippen molar-refractivity contribution in [1.82, 2.24) is 4.90 Å². The van der Waals surface area contributed by atoms with Crippen molar-refractivity contribution in [3.63, 3.8) is 0 Å². The van der Waals surface area contributed by atoms with Crippen LogP contribution in [0.1, 0.15) is 6.42 Å². The minimum atomic E-state index is -1.14. The van der Waals surface area contributed by atoms with Crippen molar-refractivity contribution < 1.29 is 24.9 Å². The van der Waals surface area contributed by atoms with E-state index in [0.717, 1.165) is 0 Å². The molecule has 0 saturated carbocycles. The van der Waals surface area contributed by atoms with Gasteiger partial charge in [0.05, 0.1) is 0 Å². The molecule has 7 nitrogen and oxygen atoms in total. The number of aliphatic hydroxyl groups is 3.